The van der Waals surface area contributed by atoms with E-state index in [4.69, 9.17) is 16.1 Å². The second-order valence-electron chi connectivity index (χ2n) is 2.97. The van der Waals surface area contributed by atoms with Crippen molar-refractivity contribution in [1.29, 1.82) is 5.26 Å². The molecule has 0 aromatic heterocycles. The molecule has 0 fully saturated rings. The van der Waals surface area contributed by atoms with Crippen LogP contribution in [0.5, 0.6) is 5.75 Å². The van der Waals surface area contributed by atoms with Crippen LogP contribution in [0.25, 0.3) is 0 Å². The van der Waals surface area contributed by atoms with Gasteiger partial charge < -0.3 is 15.9 Å². The zero-order chi connectivity index (χ0) is 10.6. The van der Waals surface area contributed by atoms with Crippen molar-refractivity contribution in [3.05, 3.63) is 29.3 Å². The first-order valence-electron chi connectivity index (χ1n) is 4.29. The van der Waals surface area contributed by atoms with E-state index in [2.05, 4.69) is 0 Å². The molecule has 0 radical (unpaired) electrons. The lowest BCUT2D eigenvalue weighted by Gasteiger charge is -2.12. The second kappa shape index (κ2) is 6.25. The summed E-state index contributed by atoms with van der Waals surface area (Å²) in [5, 5.41) is 26.9. The SMILES string of the molecule is Cl.N#Cc1cccc([C@@H](N)CCO)c1O. The van der Waals surface area contributed by atoms with Gasteiger partial charge in [0.2, 0.25) is 0 Å². The van der Waals surface area contributed by atoms with Gasteiger partial charge in [-0.05, 0) is 12.5 Å². The summed E-state index contributed by atoms with van der Waals surface area (Å²) in [7, 11) is 0. The summed E-state index contributed by atoms with van der Waals surface area (Å²) in [6.45, 7) is -0.0443. The van der Waals surface area contributed by atoms with Crippen LogP contribution in [-0.2, 0) is 0 Å². The maximum atomic E-state index is 9.60. The summed E-state index contributed by atoms with van der Waals surface area (Å²) in [4.78, 5) is 0. The molecule has 0 saturated heterocycles. The average molecular weight is 229 g/mol. The Morgan fingerprint density at radius 1 is 1.47 bits per heavy atom. The van der Waals surface area contributed by atoms with E-state index in [1.807, 2.05) is 6.07 Å². The molecule has 0 aliphatic rings. The summed E-state index contributed by atoms with van der Waals surface area (Å²) in [6, 6.07) is 6.25. The molecule has 15 heavy (non-hydrogen) atoms. The van der Waals surface area contributed by atoms with Crippen molar-refractivity contribution in [3.8, 4) is 11.8 Å². The standard InChI is InChI=1S/C10H12N2O2.ClH/c11-6-7-2-1-3-8(10(7)14)9(12)4-5-13;/h1-3,9,13-14H,4-5,12H2;1H/t9-;/m0./s1. The Morgan fingerprint density at radius 3 is 2.67 bits per heavy atom. The van der Waals surface area contributed by atoms with Crippen LogP contribution in [0, 0.1) is 11.3 Å². The van der Waals surface area contributed by atoms with Gasteiger partial charge in [0.15, 0.2) is 0 Å². The van der Waals surface area contributed by atoms with Crippen LogP contribution in [0.15, 0.2) is 18.2 Å². The highest BCUT2D eigenvalue weighted by atomic mass is 35.5. The lowest BCUT2D eigenvalue weighted by molar-refractivity contribution is 0.275. The highest BCUT2D eigenvalue weighted by Gasteiger charge is 2.12. The lowest BCUT2D eigenvalue weighted by Crippen LogP contribution is -2.12. The third kappa shape index (κ3) is 3.10. The van der Waals surface area contributed by atoms with Crippen molar-refractivity contribution in [2.75, 3.05) is 6.61 Å². The van der Waals surface area contributed by atoms with Crippen LogP contribution in [0.2, 0.25) is 0 Å². The first-order chi connectivity index (χ1) is 6.70. The fourth-order valence-corrected chi connectivity index (χ4v) is 1.25. The fraction of sp³-hybridized carbons (Fsp3) is 0.300. The molecule has 5 heteroatoms. The van der Waals surface area contributed by atoms with E-state index in [0.717, 1.165) is 0 Å². The van der Waals surface area contributed by atoms with E-state index in [-0.39, 0.29) is 30.3 Å². The van der Waals surface area contributed by atoms with E-state index in [1.165, 1.54) is 6.07 Å². The first kappa shape index (κ1) is 13.7. The molecule has 1 aromatic rings. The lowest BCUT2D eigenvalue weighted by atomic mass is 10.0. The van der Waals surface area contributed by atoms with Gasteiger partial charge in [-0.2, -0.15) is 5.26 Å². The quantitative estimate of drug-likeness (QED) is 0.722. The first-order valence-corrected chi connectivity index (χ1v) is 4.29. The average Bonchev–Trinajstić information content (AvgIpc) is 2.18. The number of benzene rings is 1. The van der Waals surface area contributed by atoms with Gasteiger partial charge in [0.25, 0.3) is 0 Å². The Morgan fingerprint density at radius 2 is 2.13 bits per heavy atom. The van der Waals surface area contributed by atoms with E-state index in [9.17, 15) is 5.11 Å². The molecule has 0 spiro atoms. The number of aliphatic hydroxyl groups excluding tert-OH is 1. The largest absolute Gasteiger partial charge is 0.506 e. The van der Waals surface area contributed by atoms with E-state index in [1.54, 1.807) is 12.1 Å². The summed E-state index contributed by atoms with van der Waals surface area (Å²) in [6.07, 6.45) is 0.364. The molecule has 0 bridgehead atoms. The van der Waals surface area contributed by atoms with E-state index >= 15 is 0 Å². The van der Waals surface area contributed by atoms with Crippen LogP contribution < -0.4 is 5.73 Å². The predicted octanol–water partition coefficient (Wildman–Crippen LogP) is 1.07. The number of nitrogens with two attached hydrogens (primary N) is 1. The number of rotatable bonds is 3. The summed E-state index contributed by atoms with van der Waals surface area (Å²) < 4.78 is 0. The molecule has 0 saturated carbocycles. The maximum absolute atomic E-state index is 9.60. The molecule has 0 amide bonds. The molecular weight excluding hydrogens is 216 g/mol. The molecule has 0 unspecified atom stereocenters. The molecule has 1 atom stereocenters. The summed E-state index contributed by atoms with van der Waals surface area (Å²) >= 11 is 0. The van der Waals surface area contributed by atoms with Gasteiger partial charge in [-0.25, -0.2) is 0 Å². The number of nitrogens with zero attached hydrogens (tertiary/aromatic N) is 1. The number of phenols is 1. The van der Waals surface area contributed by atoms with Crippen molar-refractivity contribution in [2.45, 2.75) is 12.5 Å². The Labute approximate surface area is 94.4 Å². The van der Waals surface area contributed by atoms with Gasteiger partial charge >= 0.3 is 0 Å². The van der Waals surface area contributed by atoms with Crippen LogP contribution in [0.1, 0.15) is 23.6 Å². The van der Waals surface area contributed by atoms with E-state index in [0.29, 0.717) is 12.0 Å². The van der Waals surface area contributed by atoms with Gasteiger partial charge in [0.1, 0.15) is 11.8 Å². The normalized spacial score (nSPS) is 11.3. The number of aliphatic hydroxyl groups is 1. The number of halogens is 1. The van der Waals surface area contributed by atoms with Gasteiger partial charge in [-0.1, -0.05) is 12.1 Å². The zero-order valence-corrected chi connectivity index (χ0v) is 8.87. The number of para-hydroxylation sites is 1. The summed E-state index contributed by atoms with van der Waals surface area (Å²) in [5.74, 6) is -0.0871. The van der Waals surface area contributed by atoms with Crippen molar-refractivity contribution in [3.63, 3.8) is 0 Å². The Bertz CT molecular complexity index is 363. The highest BCUT2D eigenvalue weighted by molar-refractivity contribution is 5.85. The van der Waals surface area contributed by atoms with Gasteiger partial charge in [0, 0.05) is 18.2 Å². The van der Waals surface area contributed by atoms with Crippen molar-refractivity contribution < 1.29 is 10.2 Å². The maximum Gasteiger partial charge on any atom is 0.138 e. The Balaban J connectivity index is 0.00000196. The van der Waals surface area contributed by atoms with Crippen LogP contribution in [0.4, 0.5) is 0 Å². The van der Waals surface area contributed by atoms with Crippen molar-refractivity contribution in [1.82, 2.24) is 0 Å². The number of aromatic hydroxyl groups is 1. The van der Waals surface area contributed by atoms with Crippen LogP contribution in [-0.4, -0.2) is 16.8 Å². The molecule has 4 N–H and O–H groups in total. The van der Waals surface area contributed by atoms with Crippen LogP contribution in [0.3, 0.4) is 0 Å². The minimum Gasteiger partial charge on any atom is -0.506 e. The molecule has 1 aromatic carbocycles. The molecule has 4 nitrogen and oxygen atoms in total. The van der Waals surface area contributed by atoms with Gasteiger partial charge in [0.05, 0.1) is 5.56 Å². The monoisotopic (exact) mass is 228 g/mol. The third-order valence-corrected chi connectivity index (χ3v) is 2.03. The molecular formula is C10H13ClN2O2. The Hall–Kier alpha value is -1.28. The highest BCUT2D eigenvalue weighted by Crippen LogP contribution is 2.27. The number of nitriles is 1. The Kier molecular flexibility index (Phi) is 5.72. The molecule has 0 aliphatic carbocycles. The topological polar surface area (TPSA) is 90.3 Å². The third-order valence-electron chi connectivity index (χ3n) is 2.03. The fourth-order valence-electron chi connectivity index (χ4n) is 1.25. The second-order valence-corrected chi connectivity index (χ2v) is 2.97. The minimum atomic E-state index is -0.437. The van der Waals surface area contributed by atoms with Crippen LogP contribution >= 0.6 is 12.4 Å². The smallest absolute Gasteiger partial charge is 0.138 e. The predicted molar refractivity (Wildman–Crippen MR) is 58.7 cm³/mol. The van der Waals surface area contributed by atoms with Gasteiger partial charge in [-0.3, -0.25) is 0 Å². The van der Waals surface area contributed by atoms with Gasteiger partial charge in [-0.15, -0.1) is 12.4 Å². The van der Waals surface area contributed by atoms with E-state index < -0.39 is 6.04 Å². The molecule has 82 valence electrons. The zero-order valence-electron chi connectivity index (χ0n) is 8.05. The van der Waals surface area contributed by atoms with Crippen molar-refractivity contribution >= 4 is 12.4 Å². The number of hydrogen-bond acceptors (Lipinski definition) is 4. The molecule has 1 rings (SSSR count). The minimum absolute atomic E-state index is 0. The molecule has 0 aliphatic heterocycles. The molecule has 0 heterocycles. The summed E-state index contributed by atoms with van der Waals surface area (Å²) in [5.41, 5.74) is 6.40. The number of phenolic OH excluding ortho intramolecular Hbond substituents is 1. The number of hydrogen-bond donors (Lipinski definition) is 3. The van der Waals surface area contributed by atoms with Crippen molar-refractivity contribution in [2.24, 2.45) is 5.73 Å².